The number of hydrogen-bond donors (Lipinski definition) is 3. The summed E-state index contributed by atoms with van der Waals surface area (Å²) in [6.45, 7) is 1.37. The van der Waals surface area contributed by atoms with Crippen LogP contribution in [0.1, 0.15) is 17.3 Å². The third-order valence-corrected chi connectivity index (χ3v) is 3.82. The molecule has 0 radical (unpaired) electrons. The average Bonchev–Trinajstić information content (AvgIpc) is 2.51. The maximum Gasteiger partial charge on any atom is 0.255 e. The molecule has 2 aromatic carbocycles. The standard InChI is InChI=1S/C16H13Cl2N3O2S/c1-9(22)19-16(24)21-12-5-3-11(4-6-12)20-15(23)10-2-7-13(17)14(18)8-10/h2-8H,1H3,(H,20,23)(H2,19,21,22,24). The maximum atomic E-state index is 12.2. The summed E-state index contributed by atoms with van der Waals surface area (Å²) in [6.07, 6.45) is 0. The number of nitrogens with one attached hydrogen (secondary N) is 3. The summed E-state index contributed by atoms with van der Waals surface area (Å²) in [7, 11) is 0. The zero-order valence-electron chi connectivity index (χ0n) is 12.5. The van der Waals surface area contributed by atoms with Crippen LogP contribution in [0.4, 0.5) is 11.4 Å². The first kappa shape index (κ1) is 18.2. The molecule has 5 nitrogen and oxygen atoms in total. The van der Waals surface area contributed by atoms with Crippen LogP contribution >= 0.6 is 35.4 Å². The van der Waals surface area contributed by atoms with Crippen molar-refractivity contribution in [2.24, 2.45) is 0 Å². The lowest BCUT2D eigenvalue weighted by molar-refractivity contribution is -0.117. The summed E-state index contributed by atoms with van der Waals surface area (Å²) >= 11 is 16.7. The van der Waals surface area contributed by atoms with Crippen molar-refractivity contribution in [2.75, 3.05) is 10.6 Å². The first-order chi connectivity index (χ1) is 11.3. The van der Waals surface area contributed by atoms with E-state index in [2.05, 4.69) is 16.0 Å². The highest BCUT2D eigenvalue weighted by Gasteiger charge is 2.08. The van der Waals surface area contributed by atoms with Crippen molar-refractivity contribution in [1.29, 1.82) is 0 Å². The molecule has 3 N–H and O–H groups in total. The molecule has 0 heterocycles. The fourth-order valence-corrected chi connectivity index (χ4v) is 2.36. The lowest BCUT2D eigenvalue weighted by Crippen LogP contribution is -2.32. The summed E-state index contributed by atoms with van der Waals surface area (Å²) in [6, 6.07) is 11.5. The van der Waals surface area contributed by atoms with Crippen LogP contribution in [-0.2, 0) is 4.79 Å². The molecule has 0 spiro atoms. The minimum Gasteiger partial charge on any atom is -0.332 e. The van der Waals surface area contributed by atoms with Crippen LogP contribution in [0.25, 0.3) is 0 Å². The highest BCUT2D eigenvalue weighted by molar-refractivity contribution is 7.80. The molecule has 2 aromatic rings. The molecule has 0 fully saturated rings. The number of amides is 2. The lowest BCUT2D eigenvalue weighted by Gasteiger charge is -2.10. The van der Waals surface area contributed by atoms with Crippen molar-refractivity contribution < 1.29 is 9.59 Å². The van der Waals surface area contributed by atoms with Gasteiger partial charge in [0.2, 0.25) is 5.91 Å². The molecule has 0 saturated carbocycles. The molecular formula is C16H13Cl2N3O2S. The van der Waals surface area contributed by atoms with Crippen LogP contribution in [0, 0.1) is 0 Å². The third kappa shape index (κ3) is 5.19. The van der Waals surface area contributed by atoms with E-state index in [1.54, 1.807) is 36.4 Å². The van der Waals surface area contributed by atoms with Crippen molar-refractivity contribution in [1.82, 2.24) is 5.32 Å². The van der Waals surface area contributed by atoms with Gasteiger partial charge in [-0.2, -0.15) is 0 Å². The number of halogens is 2. The van der Waals surface area contributed by atoms with Gasteiger partial charge in [-0.3, -0.25) is 9.59 Å². The van der Waals surface area contributed by atoms with Crippen molar-refractivity contribution >= 4 is 63.7 Å². The van der Waals surface area contributed by atoms with Gasteiger partial charge in [-0.05, 0) is 54.7 Å². The number of rotatable bonds is 3. The number of hydrogen-bond acceptors (Lipinski definition) is 3. The van der Waals surface area contributed by atoms with E-state index in [-0.39, 0.29) is 16.9 Å². The zero-order chi connectivity index (χ0) is 17.7. The monoisotopic (exact) mass is 381 g/mol. The Kier molecular flexibility index (Phi) is 6.14. The molecule has 8 heteroatoms. The third-order valence-electron chi connectivity index (χ3n) is 2.87. The number of benzene rings is 2. The van der Waals surface area contributed by atoms with E-state index in [0.29, 0.717) is 27.0 Å². The Morgan fingerprint density at radius 1 is 0.917 bits per heavy atom. The molecule has 124 valence electrons. The van der Waals surface area contributed by atoms with Gasteiger partial charge >= 0.3 is 0 Å². The molecule has 0 aromatic heterocycles. The molecule has 0 aliphatic rings. The summed E-state index contributed by atoms with van der Waals surface area (Å²) in [5.41, 5.74) is 1.68. The van der Waals surface area contributed by atoms with Crippen LogP contribution in [0.15, 0.2) is 42.5 Å². The Hall–Kier alpha value is -2.15. The average molecular weight is 382 g/mol. The van der Waals surface area contributed by atoms with E-state index in [1.165, 1.54) is 13.0 Å². The van der Waals surface area contributed by atoms with Crippen LogP contribution < -0.4 is 16.0 Å². The molecule has 2 rings (SSSR count). The van der Waals surface area contributed by atoms with Gasteiger partial charge in [0.1, 0.15) is 0 Å². The van der Waals surface area contributed by atoms with E-state index in [4.69, 9.17) is 35.4 Å². The first-order valence-electron chi connectivity index (χ1n) is 6.80. The van der Waals surface area contributed by atoms with E-state index in [9.17, 15) is 9.59 Å². The van der Waals surface area contributed by atoms with Crippen molar-refractivity contribution in [3.05, 3.63) is 58.1 Å². The SMILES string of the molecule is CC(=O)NC(=S)Nc1ccc(NC(=O)c2ccc(Cl)c(Cl)c2)cc1. The topological polar surface area (TPSA) is 70.2 Å². The van der Waals surface area contributed by atoms with Crippen LogP contribution in [-0.4, -0.2) is 16.9 Å². The van der Waals surface area contributed by atoms with Crippen LogP contribution in [0.2, 0.25) is 10.0 Å². The molecule has 2 amide bonds. The fourth-order valence-electron chi connectivity index (χ4n) is 1.80. The van der Waals surface area contributed by atoms with Gasteiger partial charge in [-0.1, -0.05) is 23.2 Å². The van der Waals surface area contributed by atoms with E-state index >= 15 is 0 Å². The van der Waals surface area contributed by atoms with Crippen molar-refractivity contribution in [3.63, 3.8) is 0 Å². The fraction of sp³-hybridized carbons (Fsp3) is 0.0625. The van der Waals surface area contributed by atoms with Gasteiger partial charge in [-0.25, -0.2) is 0 Å². The van der Waals surface area contributed by atoms with Crippen molar-refractivity contribution in [3.8, 4) is 0 Å². The summed E-state index contributed by atoms with van der Waals surface area (Å²) in [4.78, 5) is 23.1. The quantitative estimate of drug-likeness (QED) is 0.700. The van der Waals surface area contributed by atoms with Gasteiger partial charge in [0.05, 0.1) is 10.0 Å². The molecular weight excluding hydrogens is 369 g/mol. The molecule has 24 heavy (non-hydrogen) atoms. The van der Waals surface area contributed by atoms with Gasteiger partial charge in [0.25, 0.3) is 5.91 Å². The van der Waals surface area contributed by atoms with E-state index < -0.39 is 0 Å². The Morgan fingerprint density at radius 3 is 2.04 bits per heavy atom. The van der Waals surface area contributed by atoms with Crippen LogP contribution in [0.5, 0.6) is 0 Å². The Labute approximate surface area is 154 Å². The second-order valence-electron chi connectivity index (χ2n) is 4.80. The smallest absolute Gasteiger partial charge is 0.255 e. The Morgan fingerprint density at radius 2 is 1.50 bits per heavy atom. The summed E-state index contributed by atoms with van der Waals surface area (Å²) in [5, 5.41) is 8.96. The van der Waals surface area contributed by atoms with E-state index in [1.807, 2.05) is 0 Å². The number of carbonyl (C=O) groups is 2. The first-order valence-corrected chi connectivity index (χ1v) is 7.96. The molecule has 0 saturated heterocycles. The molecule has 0 aliphatic heterocycles. The summed E-state index contributed by atoms with van der Waals surface area (Å²) in [5.74, 6) is -0.555. The molecule has 0 unspecified atom stereocenters. The number of carbonyl (C=O) groups excluding carboxylic acids is 2. The van der Waals surface area contributed by atoms with Crippen LogP contribution in [0.3, 0.4) is 0 Å². The van der Waals surface area contributed by atoms with Gasteiger partial charge in [0, 0.05) is 23.9 Å². The predicted molar refractivity (Wildman–Crippen MR) is 101 cm³/mol. The minimum atomic E-state index is -0.303. The molecule has 0 atom stereocenters. The lowest BCUT2D eigenvalue weighted by atomic mass is 10.2. The van der Waals surface area contributed by atoms with Crippen molar-refractivity contribution in [2.45, 2.75) is 6.92 Å². The predicted octanol–water partition coefficient (Wildman–Crippen LogP) is 4.08. The van der Waals surface area contributed by atoms with Gasteiger partial charge in [0.15, 0.2) is 5.11 Å². The zero-order valence-corrected chi connectivity index (χ0v) is 14.9. The van der Waals surface area contributed by atoms with Gasteiger partial charge in [-0.15, -0.1) is 0 Å². The minimum absolute atomic E-state index is 0.204. The van der Waals surface area contributed by atoms with Gasteiger partial charge < -0.3 is 16.0 Å². The molecule has 0 bridgehead atoms. The summed E-state index contributed by atoms with van der Waals surface area (Å²) < 4.78 is 0. The normalized spacial score (nSPS) is 9.96. The Balaban J connectivity index is 2.00. The largest absolute Gasteiger partial charge is 0.332 e. The highest BCUT2D eigenvalue weighted by Crippen LogP contribution is 2.23. The molecule has 0 aliphatic carbocycles. The number of anilines is 2. The van der Waals surface area contributed by atoms with E-state index in [0.717, 1.165) is 0 Å². The number of thiocarbonyl (C=S) groups is 1. The Bertz CT molecular complexity index is 794. The second-order valence-corrected chi connectivity index (χ2v) is 6.02. The maximum absolute atomic E-state index is 12.2. The second kappa shape index (κ2) is 8.10. The highest BCUT2D eigenvalue weighted by atomic mass is 35.5.